The van der Waals surface area contributed by atoms with E-state index in [1.807, 2.05) is 28.6 Å². The summed E-state index contributed by atoms with van der Waals surface area (Å²) >= 11 is 0. The highest BCUT2D eigenvalue weighted by Gasteiger charge is 2.21. The Balaban J connectivity index is 2.05. The van der Waals surface area contributed by atoms with Crippen molar-refractivity contribution in [2.75, 3.05) is 27.2 Å². The van der Waals surface area contributed by atoms with Gasteiger partial charge in [-0.05, 0) is 26.0 Å². The number of imidazole rings is 1. The quantitative estimate of drug-likeness (QED) is 0.805. The maximum atomic E-state index is 11.7. The number of methoxy groups -OCH3 is 1. The summed E-state index contributed by atoms with van der Waals surface area (Å²) in [6, 6.07) is 2.11. The third kappa shape index (κ3) is 3.43. The molecule has 0 radical (unpaired) electrons. The van der Waals surface area contributed by atoms with Crippen LogP contribution < -0.4 is 0 Å². The molecule has 128 valence electrons. The number of rotatable bonds is 4. The van der Waals surface area contributed by atoms with Crippen LogP contribution in [0.2, 0.25) is 0 Å². The molecule has 0 amide bonds. The van der Waals surface area contributed by atoms with Gasteiger partial charge in [0.05, 0.1) is 7.11 Å². The van der Waals surface area contributed by atoms with Crippen LogP contribution in [0.15, 0.2) is 36.4 Å². The van der Waals surface area contributed by atoms with Crippen LogP contribution in [0.5, 0.6) is 0 Å². The molecule has 6 nitrogen and oxygen atoms in total. The normalized spacial score (nSPS) is 15.5. The summed E-state index contributed by atoms with van der Waals surface area (Å²) in [4.78, 5) is 18.6. The molecule has 1 aliphatic heterocycles. The van der Waals surface area contributed by atoms with E-state index < -0.39 is 0 Å². The molecule has 0 spiro atoms. The maximum Gasteiger partial charge on any atom is 0.325 e. The van der Waals surface area contributed by atoms with E-state index in [1.165, 1.54) is 12.7 Å². The first-order valence-electron chi connectivity index (χ1n) is 8.19. The zero-order valence-corrected chi connectivity index (χ0v) is 14.5. The number of carbonyl (C=O) groups is 1. The van der Waals surface area contributed by atoms with E-state index in [0.29, 0.717) is 0 Å². The predicted octanol–water partition coefficient (Wildman–Crippen LogP) is 1.92. The Morgan fingerprint density at radius 1 is 1.25 bits per heavy atom. The van der Waals surface area contributed by atoms with Crippen LogP contribution in [0.25, 0.3) is 5.57 Å². The summed E-state index contributed by atoms with van der Waals surface area (Å²) < 4.78 is 8.73. The lowest BCUT2D eigenvalue weighted by Crippen LogP contribution is -2.27. The van der Waals surface area contributed by atoms with E-state index >= 15 is 0 Å². The lowest BCUT2D eigenvalue weighted by atomic mass is 9.94. The molecule has 3 heterocycles. The van der Waals surface area contributed by atoms with Crippen LogP contribution >= 0.6 is 0 Å². The van der Waals surface area contributed by atoms with Crippen molar-refractivity contribution >= 4 is 11.5 Å². The van der Waals surface area contributed by atoms with E-state index in [0.717, 1.165) is 42.9 Å². The SMILES string of the molecule is COC(=O)Cn1ccnc1C(=C1CCN(C)CC1)c1ccn(C)c1. The molecule has 6 heteroatoms. The molecule has 1 fully saturated rings. The predicted molar refractivity (Wildman–Crippen MR) is 92.4 cm³/mol. The van der Waals surface area contributed by atoms with Crippen molar-refractivity contribution in [3.63, 3.8) is 0 Å². The molecule has 0 saturated carbocycles. The van der Waals surface area contributed by atoms with Gasteiger partial charge in [0.25, 0.3) is 0 Å². The minimum atomic E-state index is -0.268. The number of hydrogen-bond acceptors (Lipinski definition) is 4. The Hall–Kier alpha value is -2.34. The van der Waals surface area contributed by atoms with Crippen LogP contribution in [0.3, 0.4) is 0 Å². The Morgan fingerprint density at radius 3 is 2.62 bits per heavy atom. The van der Waals surface area contributed by atoms with Crippen molar-refractivity contribution < 1.29 is 9.53 Å². The minimum absolute atomic E-state index is 0.176. The number of carbonyl (C=O) groups excluding carboxylic acids is 1. The van der Waals surface area contributed by atoms with Crippen molar-refractivity contribution in [2.24, 2.45) is 7.05 Å². The van der Waals surface area contributed by atoms with Gasteiger partial charge in [-0.3, -0.25) is 4.79 Å². The van der Waals surface area contributed by atoms with Gasteiger partial charge in [-0.1, -0.05) is 5.57 Å². The fourth-order valence-corrected chi connectivity index (χ4v) is 3.15. The summed E-state index contributed by atoms with van der Waals surface area (Å²) in [5, 5.41) is 0. The van der Waals surface area contributed by atoms with Gasteiger partial charge in [0.1, 0.15) is 12.4 Å². The summed E-state index contributed by atoms with van der Waals surface area (Å²) in [5.41, 5.74) is 3.70. The van der Waals surface area contributed by atoms with E-state index in [2.05, 4.69) is 29.2 Å². The van der Waals surface area contributed by atoms with Crippen molar-refractivity contribution in [3.8, 4) is 0 Å². The maximum absolute atomic E-state index is 11.7. The molecule has 0 unspecified atom stereocenters. The average molecular weight is 328 g/mol. The first-order valence-corrected chi connectivity index (χ1v) is 8.19. The first-order chi connectivity index (χ1) is 11.6. The van der Waals surface area contributed by atoms with E-state index in [4.69, 9.17) is 4.74 Å². The summed E-state index contributed by atoms with van der Waals surface area (Å²) in [6.45, 7) is 2.27. The molecule has 0 aromatic carbocycles. The van der Waals surface area contributed by atoms with Crippen molar-refractivity contribution in [3.05, 3.63) is 47.8 Å². The van der Waals surface area contributed by atoms with Crippen molar-refractivity contribution in [2.45, 2.75) is 19.4 Å². The van der Waals surface area contributed by atoms with E-state index in [1.54, 1.807) is 6.20 Å². The lowest BCUT2D eigenvalue weighted by Gasteiger charge is -2.26. The van der Waals surface area contributed by atoms with E-state index in [-0.39, 0.29) is 12.5 Å². The first kappa shape index (κ1) is 16.5. The number of esters is 1. The molecular weight excluding hydrogens is 304 g/mol. The molecule has 2 aromatic heterocycles. The molecule has 0 atom stereocenters. The summed E-state index contributed by atoms with van der Waals surface area (Å²) in [7, 11) is 5.57. The fourth-order valence-electron chi connectivity index (χ4n) is 3.15. The highest BCUT2D eigenvalue weighted by atomic mass is 16.5. The van der Waals surface area contributed by atoms with Crippen LogP contribution in [0.4, 0.5) is 0 Å². The number of ether oxygens (including phenoxy) is 1. The van der Waals surface area contributed by atoms with Gasteiger partial charge >= 0.3 is 5.97 Å². The molecule has 0 bridgehead atoms. The van der Waals surface area contributed by atoms with Crippen LogP contribution in [0, 0.1) is 0 Å². The third-order valence-electron chi connectivity index (χ3n) is 4.53. The smallest absolute Gasteiger partial charge is 0.325 e. The molecule has 1 saturated heterocycles. The molecule has 24 heavy (non-hydrogen) atoms. The molecule has 0 N–H and O–H groups in total. The number of piperidine rings is 1. The fraction of sp³-hybridized carbons (Fsp3) is 0.444. The standard InChI is InChI=1S/C18H24N4O2/c1-20-8-4-14(5-9-20)17(15-6-10-21(2)12-15)18-19-7-11-22(18)13-16(23)24-3/h6-7,10-12H,4-5,8-9,13H2,1-3H3. The van der Waals surface area contributed by atoms with Gasteiger partial charge in [-0.2, -0.15) is 0 Å². The third-order valence-corrected chi connectivity index (χ3v) is 4.53. The molecular formula is C18H24N4O2. The second kappa shape index (κ2) is 7.05. The number of nitrogens with zero attached hydrogens (tertiary/aromatic N) is 4. The summed E-state index contributed by atoms with van der Waals surface area (Å²) in [5.74, 6) is 0.571. The number of aryl methyl sites for hydroxylation is 1. The number of hydrogen-bond donors (Lipinski definition) is 0. The van der Waals surface area contributed by atoms with Crippen LogP contribution in [-0.4, -0.2) is 52.2 Å². The highest BCUT2D eigenvalue weighted by molar-refractivity contribution is 5.80. The molecule has 3 rings (SSSR count). The van der Waals surface area contributed by atoms with Gasteiger partial charge in [-0.15, -0.1) is 0 Å². The number of aromatic nitrogens is 3. The monoisotopic (exact) mass is 328 g/mol. The minimum Gasteiger partial charge on any atom is -0.468 e. The van der Waals surface area contributed by atoms with Crippen molar-refractivity contribution in [1.82, 2.24) is 19.0 Å². The zero-order chi connectivity index (χ0) is 17.1. The largest absolute Gasteiger partial charge is 0.468 e. The summed E-state index contributed by atoms with van der Waals surface area (Å²) in [6.07, 6.45) is 9.77. The molecule has 2 aromatic rings. The molecule has 1 aliphatic rings. The lowest BCUT2D eigenvalue weighted by molar-refractivity contribution is -0.141. The Labute approximate surface area is 142 Å². The van der Waals surface area contributed by atoms with Gasteiger partial charge in [0, 0.05) is 56.1 Å². The van der Waals surface area contributed by atoms with E-state index in [9.17, 15) is 4.79 Å². The van der Waals surface area contributed by atoms with Crippen molar-refractivity contribution in [1.29, 1.82) is 0 Å². The Morgan fingerprint density at radius 2 is 2.00 bits per heavy atom. The molecule has 0 aliphatic carbocycles. The second-order valence-corrected chi connectivity index (χ2v) is 6.30. The van der Waals surface area contributed by atoms with Gasteiger partial charge in [0.15, 0.2) is 0 Å². The van der Waals surface area contributed by atoms with Gasteiger partial charge in [-0.25, -0.2) is 4.98 Å². The average Bonchev–Trinajstić information content (AvgIpc) is 3.19. The Bertz CT molecular complexity index is 747. The highest BCUT2D eigenvalue weighted by Crippen LogP contribution is 2.31. The van der Waals surface area contributed by atoms with Gasteiger partial charge < -0.3 is 18.8 Å². The second-order valence-electron chi connectivity index (χ2n) is 6.30. The topological polar surface area (TPSA) is 52.3 Å². The Kier molecular flexibility index (Phi) is 4.85. The zero-order valence-electron chi connectivity index (χ0n) is 14.5. The van der Waals surface area contributed by atoms with Crippen LogP contribution in [0.1, 0.15) is 24.2 Å². The van der Waals surface area contributed by atoms with Gasteiger partial charge in [0.2, 0.25) is 0 Å². The number of likely N-dealkylation sites (tertiary alicyclic amines) is 1. The van der Waals surface area contributed by atoms with Crippen LogP contribution in [-0.2, 0) is 23.1 Å².